The van der Waals surface area contributed by atoms with Gasteiger partial charge in [0.15, 0.2) is 0 Å². The highest BCUT2D eigenvalue weighted by Crippen LogP contribution is 2.28. The molecule has 3 aromatic rings. The number of hydrogen-bond acceptors (Lipinski definition) is 0. The molecule has 0 spiro atoms. The first kappa shape index (κ1) is 14.3. The fourth-order valence-electron chi connectivity index (χ4n) is 2.70. The van der Waals surface area contributed by atoms with Crippen molar-refractivity contribution in [1.29, 1.82) is 0 Å². The molecule has 0 aliphatic heterocycles. The predicted molar refractivity (Wildman–Crippen MR) is 94.8 cm³/mol. The molecule has 1 atom stereocenters. The minimum Gasteiger partial charge on any atom is -0.0688 e. The molecular formula is C22H20. The summed E-state index contributed by atoms with van der Waals surface area (Å²) in [5.74, 6) is 0.372. The molecule has 3 rings (SSSR count). The van der Waals surface area contributed by atoms with Gasteiger partial charge in [0.25, 0.3) is 0 Å². The van der Waals surface area contributed by atoms with Crippen LogP contribution < -0.4 is 0 Å². The lowest BCUT2D eigenvalue weighted by atomic mass is 9.91. The Morgan fingerprint density at radius 1 is 0.636 bits per heavy atom. The third kappa shape index (κ3) is 3.35. The van der Waals surface area contributed by atoms with E-state index in [0.717, 1.165) is 0 Å². The Morgan fingerprint density at radius 3 is 1.50 bits per heavy atom. The van der Waals surface area contributed by atoms with Gasteiger partial charge in [0, 0.05) is 0 Å². The molecule has 0 saturated carbocycles. The lowest BCUT2D eigenvalue weighted by Gasteiger charge is -2.13. The Morgan fingerprint density at radius 2 is 1.05 bits per heavy atom. The summed E-state index contributed by atoms with van der Waals surface area (Å²) in [4.78, 5) is 0. The molecule has 0 unspecified atom stereocenters. The maximum atomic E-state index is 2.36. The van der Waals surface area contributed by atoms with Gasteiger partial charge in [-0.1, -0.05) is 104 Å². The fourth-order valence-corrected chi connectivity index (χ4v) is 2.70. The van der Waals surface area contributed by atoms with E-state index in [-0.39, 0.29) is 0 Å². The summed E-state index contributed by atoms with van der Waals surface area (Å²) in [6.45, 7) is 2.25. The molecule has 108 valence electrons. The smallest absolute Gasteiger partial charge is 0.000102 e. The number of allylic oxidation sites excluding steroid dienone is 1. The first-order valence-electron chi connectivity index (χ1n) is 7.72. The molecule has 0 heteroatoms. The minimum atomic E-state index is 0.372. The second kappa shape index (κ2) is 6.91. The van der Waals surface area contributed by atoms with Crippen molar-refractivity contribution in [3.63, 3.8) is 0 Å². The largest absolute Gasteiger partial charge is 0.0688 e. The van der Waals surface area contributed by atoms with Gasteiger partial charge in [-0.05, 0) is 28.2 Å². The van der Waals surface area contributed by atoms with E-state index in [1.165, 1.54) is 22.3 Å². The minimum absolute atomic E-state index is 0.372. The van der Waals surface area contributed by atoms with Gasteiger partial charge >= 0.3 is 0 Å². The second-order valence-corrected chi connectivity index (χ2v) is 5.51. The van der Waals surface area contributed by atoms with Crippen molar-refractivity contribution in [3.05, 3.63) is 114 Å². The highest BCUT2D eigenvalue weighted by atomic mass is 14.1. The topological polar surface area (TPSA) is 0 Å². The van der Waals surface area contributed by atoms with Crippen molar-refractivity contribution in [2.45, 2.75) is 12.8 Å². The van der Waals surface area contributed by atoms with E-state index >= 15 is 0 Å². The number of rotatable bonds is 4. The van der Waals surface area contributed by atoms with E-state index in [0.29, 0.717) is 5.92 Å². The van der Waals surface area contributed by atoms with E-state index in [4.69, 9.17) is 0 Å². The average Bonchev–Trinajstić information content (AvgIpc) is 2.62. The van der Waals surface area contributed by atoms with E-state index < -0.39 is 0 Å². The molecule has 0 heterocycles. The SMILES string of the molecule is C[C@@H](C=C(c1ccccc1)c1ccccc1)c1ccccc1. The van der Waals surface area contributed by atoms with Gasteiger partial charge in [0.2, 0.25) is 0 Å². The summed E-state index contributed by atoms with van der Waals surface area (Å²) in [5.41, 5.74) is 5.15. The normalized spacial score (nSPS) is 11.7. The van der Waals surface area contributed by atoms with Crippen LogP contribution in [0.1, 0.15) is 29.5 Å². The standard InChI is InChI=1S/C22H20/c1-18(19-11-5-2-6-12-19)17-22(20-13-7-3-8-14-20)21-15-9-4-10-16-21/h2-18H,1H3/t18-/m0/s1. The van der Waals surface area contributed by atoms with Gasteiger partial charge in [-0.3, -0.25) is 0 Å². The Bertz CT molecular complexity index is 683. The highest BCUT2D eigenvalue weighted by molar-refractivity contribution is 5.80. The number of benzene rings is 3. The van der Waals surface area contributed by atoms with Crippen molar-refractivity contribution in [1.82, 2.24) is 0 Å². The molecule has 0 saturated heterocycles. The van der Waals surface area contributed by atoms with Crippen molar-refractivity contribution in [3.8, 4) is 0 Å². The average molecular weight is 284 g/mol. The maximum Gasteiger partial charge on any atom is -0.000102 e. The molecule has 0 bridgehead atoms. The van der Waals surface area contributed by atoms with Crippen LogP contribution in [0, 0.1) is 0 Å². The molecule has 0 amide bonds. The highest BCUT2D eigenvalue weighted by Gasteiger charge is 2.08. The van der Waals surface area contributed by atoms with Crippen molar-refractivity contribution < 1.29 is 0 Å². The zero-order valence-corrected chi connectivity index (χ0v) is 12.8. The Hall–Kier alpha value is -2.60. The van der Waals surface area contributed by atoms with Crippen LogP contribution in [0.15, 0.2) is 97.1 Å². The van der Waals surface area contributed by atoms with Crippen molar-refractivity contribution in [2.75, 3.05) is 0 Å². The summed E-state index contributed by atoms with van der Waals surface area (Å²) in [6, 6.07) is 31.9. The van der Waals surface area contributed by atoms with Crippen LogP contribution in [0.4, 0.5) is 0 Å². The molecule has 22 heavy (non-hydrogen) atoms. The Kier molecular flexibility index (Phi) is 4.50. The summed E-state index contributed by atoms with van der Waals surface area (Å²) in [5, 5.41) is 0. The zero-order chi connectivity index (χ0) is 15.2. The van der Waals surface area contributed by atoms with Crippen LogP contribution in [-0.2, 0) is 0 Å². The van der Waals surface area contributed by atoms with Crippen molar-refractivity contribution >= 4 is 5.57 Å². The lowest BCUT2D eigenvalue weighted by Crippen LogP contribution is -1.94. The van der Waals surface area contributed by atoms with Crippen LogP contribution in [0.25, 0.3) is 5.57 Å². The molecule has 0 radical (unpaired) electrons. The Balaban J connectivity index is 2.04. The maximum absolute atomic E-state index is 2.36. The fraction of sp³-hybridized carbons (Fsp3) is 0.0909. The summed E-state index contributed by atoms with van der Waals surface area (Å²) < 4.78 is 0. The first-order valence-corrected chi connectivity index (χ1v) is 7.72. The predicted octanol–water partition coefficient (Wildman–Crippen LogP) is 5.92. The molecule has 0 fully saturated rings. The molecule has 0 N–H and O–H groups in total. The second-order valence-electron chi connectivity index (χ2n) is 5.51. The van der Waals surface area contributed by atoms with E-state index in [9.17, 15) is 0 Å². The van der Waals surface area contributed by atoms with Gasteiger partial charge in [-0.2, -0.15) is 0 Å². The van der Waals surface area contributed by atoms with Crippen LogP contribution in [-0.4, -0.2) is 0 Å². The van der Waals surface area contributed by atoms with E-state index in [1.807, 2.05) is 0 Å². The van der Waals surface area contributed by atoms with Gasteiger partial charge in [0.1, 0.15) is 0 Å². The van der Waals surface area contributed by atoms with Crippen LogP contribution in [0.2, 0.25) is 0 Å². The third-order valence-electron chi connectivity index (χ3n) is 3.91. The van der Waals surface area contributed by atoms with Crippen LogP contribution in [0.3, 0.4) is 0 Å². The summed E-state index contributed by atoms with van der Waals surface area (Å²) >= 11 is 0. The van der Waals surface area contributed by atoms with Crippen LogP contribution in [0.5, 0.6) is 0 Å². The van der Waals surface area contributed by atoms with Gasteiger partial charge < -0.3 is 0 Å². The molecule has 0 aliphatic rings. The molecular weight excluding hydrogens is 264 g/mol. The van der Waals surface area contributed by atoms with Gasteiger partial charge in [-0.25, -0.2) is 0 Å². The summed E-state index contributed by atoms with van der Waals surface area (Å²) in [7, 11) is 0. The van der Waals surface area contributed by atoms with E-state index in [1.54, 1.807) is 0 Å². The quantitative estimate of drug-likeness (QED) is 0.557. The lowest BCUT2D eigenvalue weighted by molar-refractivity contribution is 0.969. The number of hydrogen-bond donors (Lipinski definition) is 0. The summed E-state index contributed by atoms with van der Waals surface area (Å²) in [6.07, 6.45) is 2.36. The molecule has 0 nitrogen and oxygen atoms in total. The monoisotopic (exact) mass is 284 g/mol. The molecule has 0 aliphatic carbocycles. The first-order chi connectivity index (χ1) is 10.8. The Labute approximate surface area is 132 Å². The zero-order valence-electron chi connectivity index (χ0n) is 12.8. The van der Waals surface area contributed by atoms with E-state index in [2.05, 4.69) is 104 Å². The van der Waals surface area contributed by atoms with Crippen LogP contribution >= 0.6 is 0 Å². The third-order valence-corrected chi connectivity index (χ3v) is 3.91. The van der Waals surface area contributed by atoms with Gasteiger partial charge in [0.05, 0.1) is 0 Å². The van der Waals surface area contributed by atoms with Gasteiger partial charge in [-0.15, -0.1) is 0 Å². The molecule has 0 aromatic heterocycles. The van der Waals surface area contributed by atoms with Crippen molar-refractivity contribution in [2.24, 2.45) is 0 Å². The molecule has 3 aromatic carbocycles.